The van der Waals surface area contributed by atoms with Crippen LogP contribution in [0.3, 0.4) is 0 Å². The summed E-state index contributed by atoms with van der Waals surface area (Å²) in [5.74, 6) is 0.396. The molecule has 1 aliphatic carbocycles. The van der Waals surface area contributed by atoms with E-state index in [-0.39, 0.29) is 11.7 Å². The Morgan fingerprint density at radius 3 is 2.38 bits per heavy atom. The Morgan fingerprint density at radius 1 is 1.31 bits per heavy atom. The van der Waals surface area contributed by atoms with Gasteiger partial charge >= 0.3 is 0 Å². The zero-order chi connectivity index (χ0) is 9.47. The van der Waals surface area contributed by atoms with Crippen LogP contribution in [0, 0.1) is 11.8 Å². The highest BCUT2D eigenvalue weighted by Gasteiger charge is 2.49. The largest absolute Gasteiger partial charge is 0.348 e. The molecule has 3 heteroatoms. The van der Waals surface area contributed by atoms with Crippen LogP contribution in [-0.4, -0.2) is 24.8 Å². The molecule has 74 valence electrons. The van der Waals surface area contributed by atoms with Gasteiger partial charge in [0.05, 0.1) is 13.2 Å². The third-order valence-electron chi connectivity index (χ3n) is 3.19. The molecule has 0 radical (unpaired) electrons. The normalized spacial score (nSPS) is 37.1. The van der Waals surface area contributed by atoms with Gasteiger partial charge in [-0.1, -0.05) is 6.92 Å². The van der Waals surface area contributed by atoms with E-state index in [2.05, 4.69) is 6.92 Å². The van der Waals surface area contributed by atoms with E-state index in [1.165, 1.54) is 0 Å². The van der Waals surface area contributed by atoms with E-state index in [9.17, 15) is 4.79 Å². The molecule has 2 atom stereocenters. The number of carbonyl (C=O) groups is 1. The Kier molecular flexibility index (Phi) is 2.16. The standard InChI is InChI=1S/C10H16O3/c1-7-5-10(12-3-4-13-10)6-9(7)8(2)11/h7,9H,3-6H2,1-2H3. The molecule has 1 aliphatic heterocycles. The molecule has 2 aliphatic rings. The lowest BCUT2D eigenvalue weighted by Crippen LogP contribution is -2.26. The minimum atomic E-state index is -0.407. The van der Waals surface area contributed by atoms with Gasteiger partial charge in [-0.15, -0.1) is 0 Å². The topological polar surface area (TPSA) is 35.5 Å². The minimum Gasteiger partial charge on any atom is -0.348 e. The number of hydrogen-bond donors (Lipinski definition) is 0. The van der Waals surface area contributed by atoms with Gasteiger partial charge in [0.25, 0.3) is 0 Å². The van der Waals surface area contributed by atoms with Crippen molar-refractivity contribution in [3.63, 3.8) is 0 Å². The molecule has 1 heterocycles. The summed E-state index contributed by atoms with van der Waals surface area (Å²) in [5.41, 5.74) is 0. The van der Waals surface area contributed by atoms with Gasteiger partial charge < -0.3 is 9.47 Å². The van der Waals surface area contributed by atoms with E-state index < -0.39 is 5.79 Å². The summed E-state index contributed by atoms with van der Waals surface area (Å²) in [6.45, 7) is 5.12. The number of Topliss-reactive ketones (excluding diaryl/α,β-unsaturated/α-hetero) is 1. The Balaban J connectivity index is 2.09. The van der Waals surface area contributed by atoms with Gasteiger partial charge in [-0.2, -0.15) is 0 Å². The highest BCUT2D eigenvalue weighted by molar-refractivity contribution is 5.79. The number of hydrogen-bond acceptors (Lipinski definition) is 3. The third kappa shape index (κ3) is 1.51. The van der Waals surface area contributed by atoms with Crippen molar-refractivity contribution in [2.45, 2.75) is 32.5 Å². The van der Waals surface area contributed by atoms with E-state index in [0.29, 0.717) is 19.1 Å². The molecule has 13 heavy (non-hydrogen) atoms. The Labute approximate surface area is 78.4 Å². The fourth-order valence-corrected chi connectivity index (χ4v) is 2.53. The van der Waals surface area contributed by atoms with E-state index in [1.54, 1.807) is 6.92 Å². The molecule has 2 fully saturated rings. The summed E-state index contributed by atoms with van der Waals surface area (Å²) < 4.78 is 11.2. The fourth-order valence-electron chi connectivity index (χ4n) is 2.53. The maximum atomic E-state index is 11.3. The van der Waals surface area contributed by atoms with E-state index in [1.807, 2.05) is 0 Å². The van der Waals surface area contributed by atoms with Crippen LogP contribution in [0.1, 0.15) is 26.7 Å². The Morgan fingerprint density at radius 2 is 1.92 bits per heavy atom. The number of ether oxygens (including phenoxy) is 2. The molecule has 0 aromatic rings. The van der Waals surface area contributed by atoms with Gasteiger partial charge in [0.1, 0.15) is 5.78 Å². The molecule has 0 bridgehead atoms. The predicted molar refractivity (Wildman–Crippen MR) is 47.2 cm³/mol. The smallest absolute Gasteiger partial charge is 0.169 e. The van der Waals surface area contributed by atoms with Gasteiger partial charge in [0.2, 0.25) is 0 Å². The Bertz CT molecular complexity index is 218. The van der Waals surface area contributed by atoms with Crippen molar-refractivity contribution < 1.29 is 14.3 Å². The number of ketones is 1. The summed E-state index contributed by atoms with van der Waals surface area (Å²) in [4.78, 5) is 11.3. The zero-order valence-corrected chi connectivity index (χ0v) is 8.21. The van der Waals surface area contributed by atoms with Crippen LogP contribution in [0.5, 0.6) is 0 Å². The van der Waals surface area contributed by atoms with Gasteiger partial charge in [0, 0.05) is 18.8 Å². The lowest BCUT2D eigenvalue weighted by Gasteiger charge is -2.21. The van der Waals surface area contributed by atoms with Gasteiger partial charge in [-0.05, 0) is 12.8 Å². The molecular formula is C10H16O3. The predicted octanol–water partition coefficient (Wildman–Crippen LogP) is 1.36. The second kappa shape index (κ2) is 3.07. The molecular weight excluding hydrogens is 168 g/mol. The number of rotatable bonds is 1. The second-order valence-corrected chi connectivity index (χ2v) is 4.21. The summed E-state index contributed by atoms with van der Waals surface area (Å²) >= 11 is 0. The van der Waals surface area contributed by atoms with Crippen LogP contribution in [0.25, 0.3) is 0 Å². The molecule has 2 unspecified atom stereocenters. The average Bonchev–Trinajstić information content (AvgIpc) is 2.60. The van der Waals surface area contributed by atoms with Gasteiger partial charge in [0.15, 0.2) is 5.79 Å². The van der Waals surface area contributed by atoms with Crippen LogP contribution in [0.15, 0.2) is 0 Å². The van der Waals surface area contributed by atoms with Gasteiger partial charge in [-0.3, -0.25) is 4.79 Å². The van der Waals surface area contributed by atoms with Crippen LogP contribution in [-0.2, 0) is 14.3 Å². The Hall–Kier alpha value is -0.410. The first-order valence-corrected chi connectivity index (χ1v) is 4.91. The molecule has 0 aromatic heterocycles. The minimum absolute atomic E-state index is 0.137. The van der Waals surface area contributed by atoms with Crippen LogP contribution < -0.4 is 0 Å². The maximum absolute atomic E-state index is 11.3. The van der Waals surface area contributed by atoms with Gasteiger partial charge in [-0.25, -0.2) is 0 Å². The lowest BCUT2D eigenvalue weighted by atomic mass is 9.95. The summed E-state index contributed by atoms with van der Waals surface area (Å²) in [7, 11) is 0. The molecule has 0 amide bonds. The molecule has 0 aromatic carbocycles. The van der Waals surface area contributed by atoms with E-state index in [0.717, 1.165) is 12.8 Å². The van der Waals surface area contributed by atoms with Crippen molar-refractivity contribution in [2.24, 2.45) is 11.8 Å². The van der Waals surface area contributed by atoms with Crippen molar-refractivity contribution in [1.82, 2.24) is 0 Å². The molecule has 1 spiro atoms. The van der Waals surface area contributed by atoms with E-state index in [4.69, 9.17) is 9.47 Å². The monoisotopic (exact) mass is 184 g/mol. The first kappa shape index (κ1) is 9.16. The molecule has 1 saturated carbocycles. The summed E-state index contributed by atoms with van der Waals surface area (Å²) in [6.07, 6.45) is 1.63. The summed E-state index contributed by atoms with van der Waals surface area (Å²) in [6, 6.07) is 0. The fraction of sp³-hybridized carbons (Fsp3) is 0.900. The highest BCUT2D eigenvalue weighted by Crippen LogP contribution is 2.44. The maximum Gasteiger partial charge on any atom is 0.169 e. The first-order chi connectivity index (χ1) is 6.13. The molecule has 2 rings (SSSR count). The third-order valence-corrected chi connectivity index (χ3v) is 3.19. The SMILES string of the molecule is CC(=O)C1CC2(CC1C)OCCO2. The first-order valence-electron chi connectivity index (χ1n) is 4.91. The zero-order valence-electron chi connectivity index (χ0n) is 8.21. The van der Waals surface area contributed by atoms with Crippen LogP contribution in [0.2, 0.25) is 0 Å². The number of carbonyl (C=O) groups excluding carboxylic acids is 1. The second-order valence-electron chi connectivity index (χ2n) is 4.21. The highest BCUT2D eigenvalue weighted by atomic mass is 16.7. The van der Waals surface area contributed by atoms with Crippen molar-refractivity contribution in [1.29, 1.82) is 0 Å². The average molecular weight is 184 g/mol. The van der Waals surface area contributed by atoms with Crippen LogP contribution >= 0.6 is 0 Å². The molecule has 3 nitrogen and oxygen atoms in total. The van der Waals surface area contributed by atoms with Crippen molar-refractivity contribution in [3.05, 3.63) is 0 Å². The molecule has 1 saturated heterocycles. The molecule has 0 N–H and O–H groups in total. The summed E-state index contributed by atoms with van der Waals surface area (Å²) in [5, 5.41) is 0. The quantitative estimate of drug-likeness (QED) is 0.617. The van der Waals surface area contributed by atoms with Crippen molar-refractivity contribution >= 4 is 5.78 Å². The lowest BCUT2D eigenvalue weighted by molar-refractivity contribution is -0.155. The van der Waals surface area contributed by atoms with Crippen LogP contribution in [0.4, 0.5) is 0 Å². The van der Waals surface area contributed by atoms with E-state index >= 15 is 0 Å². The van der Waals surface area contributed by atoms with Crippen molar-refractivity contribution in [3.8, 4) is 0 Å². The van der Waals surface area contributed by atoms with Crippen molar-refractivity contribution in [2.75, 3.05) is 13.2 Å².